The maximum absolute atomic E-state index is 10.9. The molecule has 0 saturated carbocycles. The van der Waals surface area contributed by atoms with Gasteiger partial charge in [-0.3, -0.25) is 4.90 Å². The second-order valence-corrected chi connectivity index (χ2v) is 5.00. The number of carbonyl (C=O) groups is 1. The summed E-state index contributed by atoms with van der Waals surface area (Å²) in [6, 6.07) is 2.12. The van der Waals surface area contributed by atoms with Crippen molar-refractivity contribution in [3.63, 3.8) is 0 Å². The Bertz CT molecular complexity index is 368. The van der Waals surface area contributed by atoms with Gasteiger partial charge in [0.2, 0.25) is 5.76 Å². The van der Waals surface area contributed by atoms with Gasteiger partial charge in [0.1, 0.15) is 0 Å². The van der Waals surface area contributed by atoms with Crippen molar-refractivity contribution in [2.75, 3.05) is 6.54 Å². The molecule has 0 aliphatic carbocycles. The lowest BCUT2D eigenvalue weighted by Crippen LogP contribution is -2.33. The molecule has 0 amide bonds. The summed E-state index contributed by atoms with van der Waals surface area (Å²) in [4.78, 5) is 13.2. The van der Waals surface area contributed by atoms with Crippen molar-refractivity contribution in [2.24, 2.45) is 5.92 Å². The molecule has 96 valence electrons. The summed E-state index contributed by atoms with van der Waals surface area (Å²) in [7, 11) is 0. The van der Waals surface area contributed by atoms with E-state index in [4.69, 9.17) is 9.52 Å². The lowest BCUT2D eigenvalue weighted by Gasteiger charge is -2.27. The number of hydrogen-bond acceptors (Lipinski definition) is 3. The number of aromatic carboxylic acids is 1. The van der Waals surface area contributed by atoms with Gasteiger partial charge in [-0.1, -0.05) is 13.8 Å². The molecule has 4 heteroatoms. The van der Waals surface area contributed by atoms with E-state index in [-0.39, 0.29) is 5.76 Å². The van der Waals surface area contributed by atoms with Crippen LogP contribution in [0.4, 0.5) is 0 Å². The van der Waals surface area contributed by atoms with E-state index < -0.39 is 5.97 Å². The van der Waals surface area contributed by atoms with Gasteiger partial charge in [-0.05, 0) is 25.8 Å². The number of rotatable bonds is 6. The zero-order valence-electron chi connectivity index (χ0n) is 10.9. The van der Waals surface area contributed by atoms with Crippen LogP contribution in [0.15, 0.2) is 16.7 Å². The van der Waals surface area contributed by atoms with Gasteiger partial charge in [-0.25, -0.2) is 4.79 Å². The largest absolute Gasteiger partial charge is 0.475 e. The van der Waals surface area contributed by atoms with Crippen LogP contribution in [0.2, 0.25) is 0 Å². The summed E-state index contributed by atoms with van der Waals surface area (Å²) in [5.74, 6) is -0.393. The van der Waals surface area contributed by atoms with Crippen molar-refractivity contribution in [1.82, 2.24) is 4.90 Å². The standard InChI is InChI=1S/C13H21NO3/c1-9(2)7-14(10(3)4)8-11-5-6-17-12(11)13(15)16/h5-6,9-10H,7-8H2,1-4H3,(H,15,16). The topological polar surface area (TPSA) is 53.7 Å². The molecule has 17 heavy (non-hydrogen) atoms. The third kappa shape index (κ3) is 3.89. The van der Waals surface area contributed by atoms with Crippen LogP contribution in [0.1, 0.15) is 43.8 Å². The van der Waals surface area contributed by atoms with Crippen molar-refractivity contribution in [1.29, 1.82) is 0 Å². The molecule has 1 aromatic heterocycles. The number of furan rings is 1. The summed E-state index contributed by atoms with van der Waals surface area (Å²) in [6.45, 7) is 10.1. The highest BCUT2D eigenvalue weighted by Gasteiger charge is 2.18. The van der Waals surface area contributed by atoms with E-state index in [1.807, 2.05) is 0 Å². The molecule has 0 aliphatic rings. The molecule has 4 nitrogen and oxygen atoms in total. The molecule has 0 aromatic carbocycles. The molecule has 1 heterocycles. The fourth-order valence-corrected chi connectivity index (χ4v) is 1.79. The van der Waals surface area contributed by atoms with Crippen molar-refractivity contribution in [3.8, 4) is 0 Å². The van der Waals surface area contributed by atoms with Crippen molar-refractivity contribution >= 4 is 5.97 Å². The van der Waals surface area contributed by atoms with E-state index in [0.717, 1.165) is 12.1 Å². The monoisotopic (exact) mass is 239 g/mol. The molecular weight excluding hydrogens is 218 g/mol. The Balaban J connectivity index is 2.78. The van der Waals surface area contributed by atoms with Gasteiger partial charge in [-0.15, -0.1) is 0 Å². The normalized spacial score (nSPS) is 11.7. The van der Waals surface area contributed by atoms with Crippen LogP contribution in [-0.4, -0.2) is 28.6 Å². The third-order valence-corrected chi connectivity index (χ3v) is 2.64. The summed E-state index contributed by atoms with van der Waals surface area (Å²) < 4.78 is 4.99. The Morgan fingerprint density at radius 3 is 2.53 bits per heavy atom. The molecule has 1 N–H and O–H groups in total. The van der Waals surface area contributed by atoms with E-state index in [1.165, 1.54) is 6.26 Å². The summed E-state index contributed by atoms with van der Waals surface area (Å²) in [5, 5.41) is 8.98. The first kappa shape index (κ1) is 13.8. The molecular formula is C13H21NO3. The van der Waals surface area contributed by atoms with E-state index >= 15 is 0 Å². The summed E-state index contributed by atoms with van der Waals surface area (Å²) in [6.07, 6.45) is 1.44. The fraction of sp³-hybridized carbons (Fsp3) is 0.615. The Labute approximate surface area is 102 Å². The van der Waals surface area contributed by atoms with Gasteiger partial charge in [0.05, 0.1) is 6.26 Å². The minimum Gasteiger partial charge on any atom is -0.475 e. The summed E-state index contributed by atoms with van der Waals surface area (Å²) in [5.41, 5.74) is 0.742. The van der Waals surface area contributed by atoms with Crippen LogP contribution in [-0.2, 0) is 6.54 Å². The second-order valence-electron chi connectivity index (χ2n) is 5.00. The molecule has 0 radical (unpaired) electrons. The molecule has 0 spiro atoms. The number of carboxylic acids is 1. The first-order valence-corrected chi connectivity index (χ1v) is 5.95. The Hall–Kier alpha value is -1.29. The molecule has 1 rings (SSSR count). The average molecular weight is 239 g/mol. The molecule has 1 aromatic rings. The summed E-state index contributed by atoms with van der Waals surface area (Å²) >= 11 is 0. The van der Waals surface area contributed by atoms with Gasteiger partial charge in [0, 0.05) is 24.7 Å². The maximum Gasteiger partial charge on any atom is 0.372 e. The molecule has 0 unspecified atom stereocenters. The van der Waals surface area contributed by atoms with Crippen LogP contribution in [0, 0.1) is 5.92 Å². The fourth-order valence-electron chi connectivity index (χ4n) is 1.79. The minimum absolute atomic E-state index is 0.0550. The molecule has 0 atom stereocenters. The zero-order valence-corrected chi connectivity index (χ0v) is 10.9. The Morgan fingerprint density at radius 2 is 2.06 bits per heavy atom. The van der Waals surface area contributed by atoms with Gasteiger partial charge in [0.25, 0.3) is 0 Å². The predicted molar refractivity (Wildman–Crippen MR) is 66.1 cm³/mol. The highest BCUT2D eigenvalue weighted by atomic mass is 16.4. The number of hydrogen-bond donors (Lipinski definition) is 1. The molecule has 0 bridgehead atoms. The smallest absolute Gasteiger partial charge is 0.372 e. The van der Waals surface area contributed by atoms with Crippen LogP contribution in [0.25, 0.3) is 0 Å². The van der Waals surface area contributed by atoms with Crippen LogP contribution in [0.3, 0.4) is 0 Å². The van der Waals surface area contributed by atoms with Gasteiger partial charge >= 0.3 is 5.97 Å². The lowest BCUT2D eigenvalue weighted by molar-refractivity contribution is 0.0658. The van der Waals surface area contributed by atoms with Crippen LogP contribution < -0.4 is 0 Å². The number of carboxylic acid groups (broad SMARTS) is 1. The Morgan fingerprint density at radius 1 is 1.41 bits per heavy atom. The maximum atomic E-state index is 10.9. The van der Waals surface area contributed by atoms with Gasteiger partial charge < -0.3 is 9.52 Å². The van der Waals surface area contributed by atoms with E-state index in [9.17, 15) is 4.79 Å². The van der Waals surface area contributed by atoms with E-state index in [2.05, 4.69) is 32.6 Å². The van der Waals surface area contributed by atoms with Crippen molar-refractivity contribution in [3.05, 3.63) is 23.7 Å². The predicted octanol–water partition coefficient (Wildman–Crippen LogP) is 2.84. The SMILES string of the molecule is CC(C)CN(Cc1ccoc1C(=O)O)C(C)C. The minimum atomic E-state index is -1.00. The quantitative estimate of drug-likeness (QED) is 0.829. The Kier molecular flexibility index (Phi) is 4.75. The highest BCUT2D eigenvalue weighted by Crippen LogP contribution is 2.16. The van der Waals surface area contributed by atoms with E-state index in [1.54, 1.807) is 6.07 Å². The molecule has 0 fully saturated rings. The molecule has 0 aliphatic heterocycles. The van der Waals surface area contributed by atoms with Crippen LogP contribution in [0.5, 0.6) is 0 Å². The van der Waals surface area contributed by atoms with Crippen molar-refractivity contribution in [2.45, 2.75) is 40.3 Å². The zero-order chi connectivity index (χ0) is 13.0. The molecule has 0 saturated heterocycles. The van der Waals surface area contributed by atoms with E-state index in [0.29, 0.717) is 18.5 Å². The number of nitrogens with zero attached hydrogens (tertiary/aromatic N) is 1. The van der Waals surface area contributed by atoms with Gasteiger partial charge in [-0.2, -0.15) is 0 Å². The third-order valence-electron chi connectivity index (χ3n) is 2.64. The highest BCUT2D eigenvalue weighted by molar-refractivity contribution is 5.86. The van der Waals surface area contributed by atoms with Crippen LogP contribution >= 0.6 is 0 Å². The average Bonchev–Trinajstić information content (AvgIpc) is 2.63. The first-order valence-electron chi connectivity index (χ1n) is 5.95. The second kappa shape index (κ2) is 5.87. The lowest BCUT2D eigenvalue weighted by atomic mass is 10.1. The first-order chi connectivity index (χ1) is 7.91. The van der Waals surface area contributed by atoms with Crippen molar-refractivity contribution < 1.29 is 14.3 Å². The van der Waals surface area contributed by atoms with Gasteiger partial charge in [0.15, 0.2) is 0 Å².